The van der Waals surface area contributed by atoms with Crippen LogP contribution in [0.1, 0.15) is 39.4 Å². The molecule has 168 valence electrons. The van der Waals surface area contributed by atoms with E-state index in [9.17, 15) is 14.4 Å². The van der Waals surface area contributed by atoms with Crippen molar-refractivity contribution in [3.63, 3.8) is 0 Å². The smallest absolute Gasteiger partial charge is 0.407 e. The number of amides is 2. The Morgan fingerprint density at radius 3 is 2.18 bits per heavy atom. The van der Waals surface area contributed by atoms with Crippen LogP contribution in [0.25, 0.3) is 11.1 Å². The first-order chi connectivity index (χ1) is 16.0. The van der Waals surface area contributed by atoms with Crippen LogP contribution in [0.3, 0.4) is 0 Å². The lowest BCUT2D eigenvalue weighted by Gasteiger charge is -2.14. The van der Waals surface area contributed by atoms with E-state index in [2.05, 4.69) is 34.9 Å². The summed E-state index contributed by atoms with van der Waals surface area (Å²) in [5.41, 5.74) is 5.45. The Morgan fingerprint density at radius 2 is 1.52 bits per heavy atom. The number of hydrogen-bond acceptors (Lipinski definition) is 4. The van der Waals surface area contributed by atoms with E-state index in [4.69, 9.17) is 9.84 Å². The van der Waals surface area contributed by atoms with Crippen molar-refractivity contribution in [2.75, 3.05) is 13.2 Å². The van der Waals surface area contributed by atoms with E-state index in [-0.39, 0.29) is 43.5 Å². The molecule has 0 fully saturated rings. The molecule has 3 aromatic carbocycles. The Morgan fingerprint density at radius 1 is 0.848 bits per heavy atom. The number of nitrogens with one attached hydrogen (secondary N) is 2. The number of carbonyl (C=O) groups excluding carboxylic acids is 2. The quantitative estimate of drug-likeness (QED) is 0.488. The van der Waals surface area contributed by atoms with Gasteiger partial charge in [0.05, 0.1) is 5.56 Å². The molecule has 0 bridgehead atoms. The Kier molecular flexibility index (Phi) is 6.69. The summed E-state index contributed by atoms with van der Waals surface area (Å²) in [7, 11) is 0. The third-order valence-corrected chi connectivity index (χ3v) is 5.63. The molecule has 33 heavy (non-hydrogen) atoms. The van der Waals surface area contributed by atoms with Crippen molar-refractivity contribution < 1.29 is 24.2 Å². The Bertz CT molecular complexity index is 1150. The van der Waals surface area contributed by atoms with Gasteiger partial charge in [-0.05, 0) is 39.9 Å². The molecule has 0 saturated heterocycles. The predicted molar refractivity (Wildman–Crippen MR) is 123 cm³/mol. The van der Waals surface area contributed by atoms with Gasteiger partial charge in [-0.2, -0.15) is 0 Å². The minimum atomic E-state index is -1.02. The van der Waals surface area contributed by atoms with Crippen molar-refractivity contribution in [3.05, 3.63) is 95.1 Å². The lowest BCUT2D eigenvalue weighted by Crippen LogP contribution is -2.31. The number of rotatable bonds is 8. The van der Waals surface area contributed by atoms with Crippen molar-refractivity contribution in [1.82, 2.24) is 10.6 Å². The molecule has 4 rings (SSSR count). The third kappa shape index (κ3) is 5.20. The SMILES string of the molecule is O=C(CCNC(=O)OCC1c2ccccc2-c2ccccc21)NCc1cccc(C(=O)O)c1. The summed E-state index contributed by atoms with van der Waals surface area (Å²) < 4.78 is 5.45. The number of aromatic carboxylic acids is 1. The predicted octanol–water partition coefficient (Wildman–Crippen LogP) is 3.93. The molecule has 2 amide bonds. The largest absolute Gasteiger partial charge is 0.478 e. The van der Waals surface area contributed by atoms with Gasteiger partial charge in [0, 0.05) is 25.4 Å². The van der Waals surface area contributed by atoms with Crippen molar-refractivity contribution in [2.24, 2.45) is 0 Å². The molecule has 7 nitrogen and oxygen atoms in total. The van der Waals surface area contributed by atoms with Gasteiger partial charge >= 0.3 is 12.1 Å². The first kappa shape index (κ1) is 22.1. The van der Waals surface area contributed by atoms with Crippen molar-refractivity contribution in [1.29, 1.82) is 0 Å². The molecule has 3 N–H and O–H groups in total. The highest BCUT2D eigenvalue weighted by molar-refractivity contribution is 5.87. The molecule has 0 heterocycles. The summed E-state index contributed by atoms with van der Waals surface area (Å²) >= 11 is 0. The molecule has 0 aromatic heterocycles. The van der Waals surface area contributed by atoms with Gasteiger partial charge in [-0.3, -0.25) is 4.79 Å². The second kappa shape index (κ2) is 9.99. The fourth-order valence-electron chi connectivity index (χ4n) is 4.03. The normalized spacial score (nSPS) is 11.9. The third-order valence-electron chi connectivity index (χ3n) is 5.63. The summed E-state index contributed by atoms with van der Waals surface area (Å²) in [5.74, 6) is -1.29. The highest BCUT2D eigenvalue weighted by Gasteiger charge is 2.28. The first-order valence-electron chi connectivity index (χ1n) is 10.7. The number of benzene rings is 3. The fraction of sp³-hybridized carbons (Fsp3) is 0.192. The summed E-state index contributed by atoms with van der Waals surface area (Å²) in [6.07, 6.45) is -0.484. The molecule has 0 spiro atoms. The number of ether oxygens (including phenoxy) is 1. The average Bonchev–Trinajstić information content (AvgIpc) is 3.15. The lowest BCUT2D eigenvalue weighted by atomic mass is 9.98. The van der Waals surface area contributed by atoms with Gasteiger partial charge in [-0.1, -0.05) is 60.7 Å². The maximum absolute atomic E-state index is 12.2. The van der Waals surface area contributed by atoms with Crippen LogP contribution in [0.4, 0.5) is 4.79 Å². The standard InChI is InChI=1S/C26H24N2O5/c29-24(28-15-17-6-5-7-18(14-17)25(30)31)12-13-27-26(32)33-16-23-21-10-3-1-8-19(21)20-9-2-4-11-22(20)23/h1-11,14,23H,12-13,15-16H2,(H,27,32)(H,28,29)(H,30,31). The molecule has 7 heteroatoms. The molecular weight excluding hydrogens is 420 g/mol. The van der Waals surface area contributed by atoms with Gasteiger partial charge < -0.3 is 20.5 Å². The fourth-order valence-corrected chi connectivity index (χ4v) is 4.03. The van der Waals surface area contributed by atoms with Gasteiger partial charge in [-0.15, -0.1) is 0 Å². The molecule has 0 unspecified atom stereocenters. The van der Waals surface area contributed by atoms with Crippen molar-refractivity contribution in [2.45, 2.75) is 18.9 Å². The second-order valence-corrected chi connectivity index (χ2v) is 7.78. The number of hydrogen-bond donors (Lipinski definition) is 3. The summed E-state index contributed by atoms with van der Waals surface area (Å²) in [6, 6.07) is 22.6. The van der Waals surface area contributed by atoms with Gasteiger partial charge in [0.25, 0.3) is 0 Å². The minimum absolute atomic E-state index is 0.0204. The Labute approximate surface area is 191 Å². The van der Waals surface area contributed by atoms with E-state index in [1.165, 1.54) is 12.1 Å². The van der Waals surface area contributed by atoms with Gasteiger partial charge in [0.2, 0.25) is 5.91 Å². The molecule has 0 aliphatic heterocycles. The highest BCUT2D eigenvalue weighted by atomic mass is 16.5. The van der Waals surface area contributed by atoms with Crippen LogP contribution in [-0.2, 0) is 16.1 Å². The topological polar surface area (TPSA) is 105 Å². The molecule has 1 aliphatic rings. The monoisotopic (exact) mass is 444 g/mol. The van der Waals surface area contributed by atoms with E-state index in [0.717, 1.165) is 22.3 Å². The van der Waals surface area contributed by atoms with Crippen molar-refractivity contribution >= 4 is 18.0 Å². The zero-order chi connectivity index (χ0) is 23.2. The van der Waals surface area contributed by atoms with Crippen LogP contribution in [0, 0.1) is 0 Å². The maximum Gasteiger partial charge on any atom is 0.407 e. The molecule has 0 saturated carbocycles. The second-order valence-electron chi connectivity index (χ2n) is 7.78. The van der Waals surface area contributed by atoms with Crippen LogP contribution in [0.2, 0.25) is 0 Å². The van der Waals surface area contributed by atoms with E-state index >= 15 is 0 Å². The van der Waals surface area contributed by atoms with E-state index < -0.39 is 12.1 Å². The first-order valence-corrected chi connectivity index (χ1v) is 10.7. The van der Waals surface area contributed by atoms with Crippen LogP contribution in [0.5, 0.6) is 0 Å². The maximum atomic E-state index is 12.2. The number of alkyl carbamates (subject to hydrolysis) is 1. The van der Waals surface area contributed by atoms with Crippen LogP contribution < -0.4 is 10.6 Å². The van der Waals surface area contributed by atoms with Crippen LogP contribution in [-0.4, -0.2) is 36.2 Å². The number of carbonyl (C=O) groups is 3. The summed E-state index contributed by atoms with van der Waals surface area (Å²) in [6.45, 7) is 0.564. The van der Waals surface area contributed by atoms with Gasteiger partial charge in [-0.25, -0.2) is 9.59 Å². The van der Waals surface area contributed by atoms with E-state index in [0.29, 0.717) is 5.56 Å². The molecule has 0 radical (unpaired) electrons. The van der Waals surface area contributed by atoms with Gasteiger partial charge in [0.15, 0.2) is 0 Å². The summed E-state index contributed by atoms with van der Waals surface area (Å²) in [4.78, 5) is 35.2. The zero-order valence-corrected chi connectivity index (χ0v) is 17.9. The Hall–Kier alpha value is -4.13. The molecule has 1 aliphatic carbocycles. The number of carboxylic acid groups (broad SMARTS) is 1. The number of fused-ring (bicyclic) bond motifs is 3. The minimum Gasteiger partial charge on any atom is -0.478 e. The van der Waals surface area contributed by atoms with Crippen LogP contribution in [0.15, 0.2) is 72.8 Å². The Balaban J connectivity index is 1.22. The average molecular weight is 444 g/mol. The lowest BCUT2D eigenvalue weighted by molar-refractivity contribution is -0.121. The highest BCUT2D eigenvalue weighted by Crippen LogP contribution is 2.44. The van der Waals surface area contributed by atoms with E-state index in [1.54, 1.807) is 12.1 Å². The van der Waals surface area contributed by atoms with Crippen molar-refractivity contribution in [3.8, 4) is 11.1 Å². The van der Waals surface area contributed by atoms with E-state index in [1.807, 2.05) is 24.3 Å². The zero-order valence-electron chi connectivity index (χ0n) is 17.9. The van der Waals surface area contributed by atoms with Crippen LogP contribution >= 0.6 is 0 Å². The number of carboxylic acids is 1. The summed E-state index contributed by atoms with van der Waals surface area (Å²) in [5, 5.41) is 14.3. The van der Waals surface area contributed by atoms with Gasteiger partial charge in [0.1, 0.15) is 6.61 Å². The molecule has 0 atom stereocenters. The molecule has 3 aromatic rings. The molecular formula is C26H24N2O5.